The number of fused-ring (bicyclic) bond motifs is 1. The molecule has 0 aliphatic rings. The van der Waals surface area contributed by atoms with Gasteiger partial charge in [-0.15, -0.1) is 0 Å². The van der Waals surface area contributed by atoms with Gasteiger partial charge in [0.15, 0.2) is 0 Å². The van der Waals surface area contributed by atoms with Gasteiger partial charge in [-0.3, -0.25) is 19.8 Å². The summed E-state index contributed by atoms with van der Waals surface area (Å²) < 4.78 is 2.82. The number of benzene rings is 3. The minimum absolute atomic E-state index is 0.144. The molecule has 3 N–H and O–H groups in total. The smallest absolute Gasteiger partial charge is 0.320 e. The van der Waals surface area contributed by atoms with Gasteiger partial charge in [-0.05, 0) is 89.4 Å². The molecule has 0 unspecified atom stereocenters. The summed E-state index contributed by atoms with van der Waals surface area (Å²) in [7, 11) is 0. The van der Waals surface area contributed by atoms with Crippen molar-refractivity contribution in [2.45, 2.75) is 13.8 Å². The lowest BCUT2D eigenvalue weighted by Crippen LogP contribution is -2.36. The molecule has 3 aromatic carbocycles. The van der Waals surface area contributed by atoms with Gasteiger partial charge in [0.05, 0.1) is 11.2 Å². The minimum atomic E-state index is -0.949. The van der Waals surface area contributed by atoms with Gasteiger partial charge in [0.25, 0.3) is 5.91 Å². The van der Waals surface area contributed by atoms with E-state index in [4.69, 9.17) is 11.6 Å². The van der Waals surface area contributed by atoms with E-state index in [2.05, 4.69) is 47.9 Å². The quantitative estimate of drug-likeness (QED) is 0.231. The standard InChI is InChI=1S/C25H19Br2ClN4O3/c1-13-6-8-20(17(27)10-13)30-23(33)22-12-15-11-16(26)7-9-21(15)32(22)31-25(35)24(34)29-19-5-3-4-18(28)14(19)2/h3-12H,1-2H3,(H,29,34)(H,30,33)(H,31,35). The largest absolute Gasteiger partial charge is 0.328 e. The number of halogens is 3. The van der Waals surface area contributed by atoms with Crippen LogP contribution in [0.25, 0.3) is 10.9 Å². The second-order valence-corrected chi connectivity index (χ2v) is 9.99. The van der Waals surface area contributed by atoms with Crippen LogP contribution in [0.2, 0.25) is 5.02 Å². The number of hydrogen-bond donors (Lipinski definition) is 3. The van der Waals surface area contributed by atoms with Crippen LogP contribution in [-0.2, 0) is 9.59 Å². The lowest BCUT2D eigenvalue weighted by molar-refractivity contribution is -0.133. The Kier molecular flexibility index (Phi) is 7.30. The van der Waals surface area contributed by atoms with Crippen molar-refractivity contribution in [2.75, 3.05) is 16.1 Å². The van der Waals surface area contributed by atoms with Gasteiger partial charge in [-0.1, -0.05) is 39.7 Å². The van der Waals surface area contributed by atoms with Crippen LogP contribution in [0.4, 0.5) is 11.4 Å². The maximum atomic E-state index is 13.2. The molecule has 0 saturated carbocycles. The molecule has 0 fully saturated rings. The van der Waals surface area contributed by atoms with Gasteiger partial charge in [0, 0.05) is 25.0 Å². The summed E-state index contributed by atoms with van der Waals surface area (Å²) in [4.78, 5) is 38.7. The summed E-state index contributed by atoms with van der Waals surface area (Å²) in [6.45, 7) is 3.68. The number of nitrogens with one attached hydrogen (secondary N) is 3. The summed E-state index contributed by atoms with van der Waals surface area (Å²) in [5, 5.41) is 6.56. The molecule has 4 rings (SSSR count). The minimum Gasteiger partial charge on any atom is -0.320 e. The zero-order valence-electron chi connectivity index (χ0n) is 18.6. The average molecular weight is 619 g/mol. The monoisotopic (exact) mass is 616 g/mol. The van der Waals surface area contributed by atoms with E-state index in [1.54, 1.807) is 49.4 Å². The number of nitrogens with zero attached hydrogens (tertiary/aromatic N) is 1. The van der Waals surface area contributed by atoms with E-state index >= 15 is 0 Å². The summed E-state index contributed by atoms with van der Waals surface area (Å²) in [6.07, 6.45) is 0. The Labute approximate surface area is 223 Å². The Morgan fingerprint density at radius 2 is 1.63 bits per heavy atom. The maximum absolute atomic E-state index is 13.2. The Hall–Kier alpha value is -3.14. The highest BCUT2D eigenvalue weighted by atomic mass is 79.9. The fourth-order valence-corrected chi connectivity index (χ4v) is 4.60. The van der Waals surface area contributed by atoms with Gasteiger partial charge in [0.1, 0.15) is 5.69 Å². The number of amides is 3. The molecule has 0 atom stereocenters. The van der Waals surface area contributed by atoms with Crippen LogP contribution < -0.4 is 16.1 Å². The van der Waals surface area contributed by atoms with Gasteiger partial charge in [-0.2, -0.15) is 0 Å². The number of aromatic nitrogens is 1. The molecule has 0 bridgehead atoms. The highest BCUT2D eigenvalue weighted by molar-refractivity contribution is 9.10. The number of carbonyl (C=O) groups is 3. The Balaban J connectivity index is 1.65. The molecule has 0 aliphatic heterocycles. The van der Waals surface area contributed by atoms with Crippen LogP contribution in [0, 0.1) is 13.8 Å². The zero-order chi connectivity index (χ0) is 25.3. The average Bonchev–Trinajstić information content (AvgIpc) is 3.16. The van der Waals surface area contributed by atoms with Crippen molar-refractivity contribution in [3.63, 3.8) is 0 Å². The highest BCUT2D eigenvalue weighted by Gasteiger charge is 2.22. The molecule has 178 valence electrons. The molecule has 0 radical (unpaired) electrons. The molecule has 3 amide bonds. The van der Waals surface area contributed by atoms with Crippen molar-refractivity contribution >= 4 is 83.5 Å². The van der Waals surface area contributed by atoms with E-state index in [1.807, 2.05) is 25.1 Å². The first-order chi connectivity index (χ1) is 16.6. The van der Waals surface area contributed by atoms with Crippen LogP contribution >= 0.6 is 43.5 Å². The van der Waals surface area contributed by atoms with Crippen LogP contribution in [0.1, 0.15) is 21.6 Å². The molecule has 7 nitrogen and oxygen atoms in total. The molecular weight excluding hydrogens is 600 g/mol. The summed E-state index contributed by atoms with van der Waals surface area (Å²) in [5.74, 6) is -2.31. The van der Waals surface area contributed by atoms with Crippen molar-refractivity contribution in [3.8, 4) is 0 Å². The predicted octanol–water partition coefficient (Wildman–Crippen LogP) is 6.40. The maximum Gasteiger partial charge on any atom is 0.328 e. The molecular formula is C25H19Br2ClN4O3. The number of rotatable bonds is 4. The fraction of sp³-hybridized carbons (Fsp3) is 0.0800. The van der Waals surface area contributed by atoms with E-state index in [1.165, 1.54) is 4.68 Å². The molecule has 35 heavy (non-hydrogen) atoms. The van der Waals surface area contributed by atoms with Gasteiger partial charge in [0.2, 0.25) is 0 Å². The molecule has 10 heteroatoms. The first-order valence-corrected chi connectivity index (χ1v) is 12.4. The fourth-order valence-electron chi connectivity index (χ4n) is 3.46. The summed E-state index contributed by atoms with van der Waals surface area (Å²) >= 11 is 13.0. The van der Waals surface area contributed by atoms with E-state index in [9.17, 15) is 14.4 Å². The zero-order valence-corrected chi connectivity index (χ0v) is 22.5. The summed E-state index contributed by atoms with van der Waals surface area (Å²) in [6, 6.07) is 17.5. The topological polar surface area (TPSA) is 92.2 Å². The third-order valence-corrected chi connectivity index (χ3v) is 6.86. The number of carbonyl (C=O) groups excluding carboxylic acids is 3. The first kappa shape index (κ1) is 25.0. The Morgan fingerprint density at radius 1 is 0.857 bits per heavy atom. The second-order valence-electron chi connectivity index (χ2n) is 7.81. The molecule has 4 aromatic rings. The van der Waals surface area contributed by atoms with Crippen molar-refractivity contribution in [3.05, 3.63) is 91.5 Å². The predicted molar refractivity (Wildman–Crippen MR) is 146 cm³/mol. The number of anilines is 2. The number of aryl methyl sites for hydroxylation is 1. The summed E-state index contributed by atoms with van der Waals surface area (Å²) in [5.41, 5.74) is 5.88. The SMILES string of the molecule is Cc1ccc(NC(=O)c2cc3cc(Br)ccc3n2NC(=O)C(=O)Nc2cccc(Cl)c2C)c(Br)c1. The van der Waals surface area contributed by atoms with Crippen molar-refractivity contribution in [1.82, 2.24) is 4.68 Å². The lowest BCUT2D eigenvalue weighted by Gasteiger charge is -2.14. The van der Waals surface area contributed by atoms with E-state index in [0.717, 1.165) is 14.5 Å². The number of hydrogen-bond acceptors (Lipinski definition) is 3. The van der Waals surface area contributed by atoms with Crippen LogP contribution in [0.5, 0.6) is 0 Å². The van der Waals surface area contributed by atoms with E-state index in [0.29, 0.717) is 32.9 Å². The van der Waals surface area contributed by atoms with Gasteiger partial charge in [-0.25, -0.2) is 4.68 Å². The van der Waals surface area contributed by atoms with E-state index in [-0.39, 0.29) is 5.69 Å². The van der Waals surface area contributed by atoms with Crippen LogP contribution in [-0.4, -0.2) is 22.4 Å². The van der Waals surface area contributed by atoms with E-state index < -0.39 is 17.7 Å². The van der Waals surface area contributed by atoms with Gasteiger partial charge >= 0.3 is 11.8 Å². The Morgan fingerprint density at radius 3 is 2.37 bits per heavy atom. The molecule has 1 heterocycles. The molecule has 1 aromatic heterocycles. The van der Waals surface area contributed by atoms with Crippen LogP contribution in [0.15, 0.2) is 69.6 Å². The van der Waals surface area contributed by atoms with Crippen molar-refractivity contribution in [2.24, 2.45) is 0 Å². The third kappa shape index (κ3) is 5.42. The molecule has 0 saturated heterocycles. The normalized spacial score (nSPS) is 10.8. The molecule has 0 spiro atoms. The lowest BCUT2D eigenvalue weighted by atomic mass is 10.2. The Bertz CT molecular complexity index is 1500. The molecule has 0 aliphatic carbocycles. The van der Waals surface area contributed by atoms with Crippen molar-refractivity contribution in [1.29, 1.82) is 0 Å². The van der Waals surface area contributed by atoms with Gasteiger partial charge < -0.3 is 10.6 Å². The van der Waals surface area contributed by atoms with Crippen LogP contribution in [0.3, 0.4) is 0 Å². The first-order valence-electron chi connectivity index (χ1n) is 10.4. The third-order valence-electron chi connectivity index (χ3n) is 5.30. The van der Waals surface area contributed by atoms with Crippen molar-refractivity contribution < 1.29 is 14.4 Å². The second kappa shape index (κ2) is 10.2. The highest BCUT2D eigenvalue weighted by Crippen LogP contribution is 2.27.